The Kier molecular flexibility index (Phi) is 8.37. The number of amidine groups is 1. The van der Waals surface area contributed by atoms with Crippen molar-refractivity contribution in [1.29, 1.82) is 0 Å². The summed E-state index contributed by atoms with van der Waals surface area (Å²) in [5.41, 5.74) is 0.327. The van der Waals surface area contributed by atoms with E-state index in [9.17, 15) is 9.59 Å². The van der Waals surface area contributed by atoms with E-state index in [0.717, 1.165) is 38.5 Å². The monoisotopic (exact) mass is 525 g/mol. The Morgan fingerprint density at radius 3 is 2.55 bits per heavy atom. The fourth-order valence-corrected chi connectivity index (χ4v) is 5.28. The number of methoxy groups -OCH3 is 2. The summed E-state index contributed by atoms with van der Waals surface area (Å²) >= 11 is 0. The maximum Gasteiger partial charge on any atom is 0.274 e. The number of nitrogens with zero attached hydrogens (tertiary/aromatic N) is 4. The number of hydrogen-bond acceptors (Lipinski definition) is 8. The molecule has 2 heterocycles. The number of amides is 1. The van der Waals surface area contributed by atoms with E-state index in [0.29, 0.717) is 28.7 Å². The van der Waals surface area contributed by atoms with Gasteiger partial charge >= 0.3 is 0 Å². The Morgan fingerprint density at radius 2 is 1.97 bits per heavy atom. The van der Waals surface area contributed by atoms with Gasteiger partial charge in [-0.05, 0) is 64.5 Å². The van der Waals surface area contributed by atoms with Crippen molar-refractivity contribution < 1.29 is 14.3 Å². The van der Waals surface area contributed by atoms with Crippen molar-refractivity contribution in [1.82, 2.24) is 20.2 Å². The first kappa shape index (κ1) is 27.6. The van der Waals surface area contributed by atoms with E-state index in [1.807, 2.05) is 19.2 Å². The molecule has 1 aromatic rings. The lowest BCUT2D eigenvalue weighted by atomic mass is 9.76. The third kappa shape index (κ3) is 5.39. The minimum atomic E-state index is -0.379. The van der Waals surface area contributed by atoms with Gasteiger partial charge in [0, 0.05) is 46.3 Å². The molecule has 0 bridgehead atoms. The van der Waals surface area contributed by atoms with Crippen LogP contribution in [-0.4, -0.2) is 67.1 Å². The minimum absolute atomic E-state index is 0.0847. The van der Waals surface area contributed by atoms with Crippen LogP contribution in [0.3, 0.4) is 0 Å². The molecule has 0 aromatic carbocycles. The van der Waals surface area contributed by atoms with Gasteiger partial charge in [0.1, 0.15) is 17.3 Å². The van der Waals surface area contributed by atoms with Crippen LogP contribution in [0.15, 0.2) is 56.5 Å². The zero-order valence-corrected chi connectivity index (χ0v) is 22.9. The molecule has 0 radical (unpaired) electrons. The molecule has 1 aromatic heterocycles. The molecular formula is C27H39N7O4. The Hall–Kier alpha value is -3.44. The highest BCUT2D eigenvalue weighted by molar-refractivity contribution is 5.99. The predicted molar refractivity (Wildman–Crippen MR) is 148 cm³/mol. The highest BCUT2D eigenvalue weighted by Gasteiger charge is 2.44. The minimum Gasteiger partial charge on any atom is -0.381 e. The first-order chi connectivity index (χ1) is 18.2. The van der Waals surface area contributed by atoms with Crippen LogP contribution in [0.25, 0.3) is 0 Å². The van der Waals surface area contributed by atoms with E-state index < -0.39 is 0 Å². The summed E-state index contributed by atoms with van der Waals surface area (Å²) in [5.74, 6) is 1.11. The summed E-state index contributed by atoms with van der Waals surface area (Å²) in [7, 11) is 5.02. The normalized spacial score (nSPS) is 29.6. The number of carbonyl (C=O) groups is 1. The topological polar surface area (TPSA) is 122 Å². The molecule has 0 saturated heterocycles. The summed E-state index contributed by atoms with van der Waals surface area (Å²) < 4.78 is 12.9. The summed E-state index contributed by atoms with van der Waals surface area (Å²) in [6.45, 7) is 7.35. The van der Waals surface area contributed by atoms with E-state index in [-0.39, 0.29) is 35.3 Å². The van der Waals surface area contributed by atoms with Gasteiger partial charge in [-0.1, -0.05) is 0 Å². The number of nitrogens with one attached hydrogen (secondary N) is 3. The van der Waals surface area contributed by atoms with Gasteiger partial charge in [0.25, 0.3) is 11.5 Å². The zero-order chi connectivity index (χ0) is 27.4. The number of anilines is 1. The van der Waals surface area contributed by atoms with Crippen molar-refractivity contribution in [2.75, 3.05) is 26.6 Å². The Labute approximate surface area is 223 Å². The van der Waals surface area contributed by atoms with E-state index in [2.05, 4.69) is 32.8 Å². The van der Waals surface area contributed by atoms with E-state index in [4.69, 9.17) is 9.47 Å². The SMILES string of the molecule is C=NN1C(=NC)C=C(Nc2cccn(C3CCC(OC)CC3)c2=O)N/C1=C(/C)C(=O)N[C@@H]1CC[C@@]1(C)OC. The predicted octanol–water partition coefficient (Wildman–Crippen LogP) is 2.70. The van der Waals surface area contributed by atoms with Crippen LogP contribution in [-0.2, 0) is 14.3 Å². The molecule has 0 unspecified atom stereocenters. The molecule has 1 amide bonds. The van der Waals surface area contributed by atoms with Gasteiger partial charge in [-0.25, -0.2) is 0 Å². The van der Waals surface area contributed by atoms with Gasteiger partial charge in [-0.15, -0.1) is 0 Å². The molecule has 2 fully saturated rings. The van der Waals surface area contributed by atoms with Gasteiger partial charge in [0.05, 0.1) is 23.3 Å². The molecule has 206 valence electrons. The van der Waals surface area contributed by atoms with Crippen molar-refractivity contribution in [3.63, 3.8) is 0 Å². The molecule has 2 saturated carbocycles. The molecule has 11 nitrogen and oxygen atoms in total. The van der Waals surface area contributed by atoms with Gasteiger partial charge in [0.15, 0.2) is 5.84 Å². The molecule has 38 heavy (non-hydrogen) atoms. The van der Waals surface area contributed by atoms with Gasteiger partial charge < -0.3 is 30.0 Å². The van der Waals surface area contributed by atoms with Crippen molar-refractivity contribution in [3.05, 3.63) is 52.0 Å². The summed E-state index contributed by atoms with van der Waals surface area (Å²) in [6.07, 6.45) is 9.18. The fraction of sp³-hybridized carbons (Fsp3) is 0.556. The van der Waals surface area contributed by atoms with Crippen LogP contribution in [0.5, 0.6) is 0 Å². The third-order valence-corrected chi connectivity index (χ3v) is 8.07. The van der Waals surface area contributed by atoms with Crippen LogP contribution in [0.2, 0.25) is 0 Å². The molecular weight excluding hydrogens is 486 g/mol. The van der Waals surface area contributed by atoms with Crippen LogP contribution in [0.4, 0.5) is 5.69 Å². The average molecular weight is 526 g/mol. The van der Waals surface area contributed by atoms with Crippen molar-refractivity contribution in [2.24, 2.45) is 10.1 Å². The van der Waals surface area contributed by atoms with Crippen molar-refractivity contribution in [2.45, 2.75) is 76.2 Å². The quantitative estimate of drug-likeness (QED) is 0.352. The largest absolute Gasteiger partial charge is 0.381 e. The maximum absolute atomic E-state index is 13.4. The lowest BCUT2D eigenvalue weighted by Gasteiger charge is -2.46. The second-order valence-corrected chi connectivity index (χ2v) is 10.2. The van der Waals surface area contributed by atoms with E-state index >= 15 is 0 Å². The van der Waals surface area contributed by atoms with Crippen molar-refractivity contribution in [3.8, 4) is 0 Å². The fourth-order valence-electron chi connectivity index (χ4n) is 5.28. The van der Waals surface area contributed by atoms with E-state index in [1.165, 1.54) is 5.01 Å². The number of aromatic nitrogens is 1. The van der Waals surface area contributed by atoms with Gasteiger partial charge in [-0.3, -0.25) is 14.6 Å². The second-order valence-electron chi connectivity index (χ2n) is 10.2. The lowest BCUT2D eigenvalue weighted by Crippen LogP contribution is -2.59. The number of rotatable bonds is 8. The molecule has 11 heteroatoms. The Balaban J connectivity index is 1.57. The first-order valence-electron chi connectivity index (χ1n) is 13.0. The molecule has 4 rings (SSSR count). The second kappa shape index (κ2) is 11.5. The number of pyridine rings is 1. The number of hydrazone groups is 1. The standard InChI is InChI=1S/C27H39N7O4/c1-17(25(35)31-21-13-14-27(21,2)38-6)24-32-22(16-23(28-3)34(24)29-4)30-20-8-7-15-33(26(20)36)18-9-11-19(37-5)12-10-18/h7-8,15-16,18-19,21,30,32H,4,9-14H2,1-3,5-6H3,(H,31,35)/b24-17+,28-23?/t18?,19?,21-,27-/m1/s1. The van der Waals surface area contributed by atoms with Crippen molar-refractivity contribution >= 4 is 24.1 Å². The number of hydrogen-bond donors (Lipinski definition) is 3. The summed E-state index contributed by atoms with van der Waals surface area (Å²) in [5, 5.41) is 15.0. The molecule has 1 aliphatic heterocycles. The Bertz CT molecular complexity index is 1210. The van der Waals surface area contributed by atoms with Crippen LogP contribution in [0, 0.1) is 0 Å². The third-order valence-electron chi connectivity index (χ3n) is 8.07. The highest BCUT2D eigenvalue weighted by Crippen LogP contribution is 2.35. The van der Waals surface area contributed by atoms with E-state index in [1.54, 1.807) is 44.9 Å². The van der Waals surface area contributed by atoms with Crippen LogP contribution >= 0.6 is 0 Å². The molecule has 2 atom stereocenters. The Morgan fingerprint density at radius 1 is 1.24 bits per heavy atom. The maximum atomic E-state index is 13.4. The molecule has 3 aliphatic rings. The molecule has 3 N–H and O–H groups in total. The summed E-state index contributed by atoms with van der Waals surface area (Å²) in [6, 6.07) is 3.65. The molecule has 2 aliphatic carbocycles. The number of ether oxygens (including phenoxy) is 2. The number of carbonyl (C=O) groups excluding carboxylic acids is 1. The number of aliphatic imine (C=N–C) groups is 1. The zero-order valence-electron chi connectivity index (χ0n) is 22.9. The lowest BCUT2D eigenvalue weighted by molar-refractivity contribution is -0.127. The average Bonchev–Trinajstić information content (AvgIpc) is 2.94. The molecule has 0 spiro atoms. The first-order valence-corrected chi connectivity index (χ1v) is 13.0. The highest BCUT2D eigenvalue weighted by atomic mass is 16.5. The van der Waals surface area contributed by atoms with Gasteiger partial charge in [0.2, 0.25) is 0 Å². The summed E-state index contributed by atoms with van der Waals surface area (Å²) in [4.78, 5) is 30.9. The smallest absolute Gasteiger partial charge is 0.274 e. The van der Waals surface area contributed by atoms with Gasteiger partial charge in [-0.2, -0.15) is 10.1 Å². The van der Waals surface area contributed by atoms with Crippen LogP contribution in [0.1, 0.15) is 58.4 Å². The van der Waals surface area contributed by atoms with Crippen LogP contribution < -0.4 is 21.5 Å².